The molecule has 0 saturated carbocycles. The molecule has 1 aliphatic heterocycles. The molecule has 6 rings (SSSR count). The largest absolute Gasteiger partial charge is 0.497 e. The van der Waals surface area contributed by atoms with Gasteiger partial charge in [-0.05, 0) is 71.4 Å². The zero-order chi connectivity index (χ0) is 28.9. The maximum atomic E-state index is 12.9. The molecule has 9 nitrogen and oxygen atoms in total. The predicted octanol–water partition coefficient (Wildman–Crippen LogP) is 5.59. The number of hydrogen-bond donors (Lipinski definition) is 1. The van der Waals surface area contributed by atoms with Crippen molar-refractivity contribution in [2.45, 2.75) is 5.22 Å². The molecule has 42 heavy (non-hydrogen) atoms. The summed E-state index contributed by atoms with van der Waals surface area (Å²) >= 11 is 1.20. The van der Waals surface area contributed by atoms with E-state index in [4.69, 9.17) is 9.15 Å². The van der Waals surface area contributed by atoms with E-state index in [1.54, 1.807) is 31.4 Å². The van der Waals surface area contributed by atoms with Gasteiger partial charge in [0.05, 0.1) is 12.9 Å². The van der Waals surface area contributed by atoms with E-state index < -0.39 is 0 Å². The molecular formula is C32H29N5O4S. The van der Waals surface area contributed by atoms with Crippen LogP contribution < -0.4 is 15.0 Å². The molecule has 0 spiro atoms. The minimum atomic E-state index is -0.163. The van der Waals surface area contributed by atoms with Gasteiger partial charge in [0.2, 0.25) is 11.8 Å². The summed E-state index contributed by atoms with van der Waals surface area (Å²) in [6, 6.07) is 29.0. The van der Waals surface area contributed by atoms with Crippen LogP contribution in [0.15, 0.2) is 101 Å². The Balaban J connectivity index is 0.973. The molecule has 1 N–H and O–H groups in total. The number of rotatable bonds is 8. The van der Waals surface area contributed by atoms with Crippen molar-refractivity contribution in [2.75, 3.05) is 49.3 Å². The van der Waals surface area contributed by atoms with E-state index in [1.165, 1.54) is 11.8 Å². The number of ether oxygens (including phenoxy) is 1. The summed E-state index contributed by atoms with van der Waals surface area (Å²) in [6.07, 6.45) is 0. The van der Waals surface area contributed by atoms with Crippen LogP contribution in [0.3, 0.4) is 0 Å². The van der Waals surface area contributed by atoms with E-state index in [2.05, 4.69) is 26.5 Å². The normalized spacial score (nSPS) is 13.3. The second-order valence-corrected chi connectivity index (χ2v) is 10.8. The fraction of sp³-hybridized carbons (Fsp3) is 0.188. The van der Waals surface area contributed by atoms with Crippen LogP contribution in [0.4, 0.5) is 11.4 Å². The van der Waals surface area contributed by atoms with Gasteiger partial charge in [-0.3, -0.25) is 9.59 Å². The lowest BCUT2D eigenvalue weighted by Crippen LogP contribution is -2.48. The quantitative estimate of drug-likeness (QED) is 0.238. The third-order valence-electron chi connectivity index (χ3n) is 7.15. The molecule has 0 aliphatic carbocycles. The minimum Gasteiger partial charge on any atom is -0.497 e. The van der Waals surface area contributed by atoms with Gasteiger partial charge in [-0.1, -0.05) is 42.1 Å². The van der Waals surface area contributed by atoms with Crippen LogP contribution in [0.5, 0.6) is 5.75 Å². The van der Waals surface area contributed by atoms with Gasteiger partial charge in [-0.15, -0.1) is 10.2 Å². The van der Waals surface area contributed by atoms with Gasteiger partial charge in [-0.25, -0.2) is 0 Å². The molecule has 0 unspecified atom stereocenters. The summed E-state index contributed by atoms with van der Waals surface area (Å²) in [5.41, 5.74) is 3.25. The number of nitrogens with zero attached hydrogens (tertiary/aromatic N) is 4. The first kappa shape index (κ1) is 27.3. The van der Waals surface area contributed by atoms with Gasteiger partial charge in [0.15, 0.2) is 0 Å². The lowest BCUT2D eigenvalue weighted by molar-refractivity contribution is -0.113. The summed E-state index contributed by atoms with van der Waals surface area (Å²) in [6.45, 7) is 2.74. The van der Waals surface area contributed by atoms with Gasteiger partial charge >= 0.3 is 0 Å². The van der Waals surface area contributed by atoms with E-state index in [0.29, 0.717) is 35.5 Å². The third kappa shape index (κ3) is 6.23. The van der Waals surface area contributed by atoms with Crippen molar-refractivity contribution in [2.24, 2.45) is 0 Å². The van der Waals surface area contributed by atoms with Crippen molar-refractivity contribution in [3.05, 3.63) is 96.6 Å². The first-order chi connectivity index (χ1) is 20.6. The molecular weight excluding hydrogens is 550 g/mol. The van der Waals surface area contributed by atoms with Crippen LogP contribution in [0.2, 0.25) is 0 Å². The first-order valence-corrected chi connectivity index (χ1v) is 14.6. The zero-order valence-corrected chi connectivity index (χ0v) is 23.8. The average Bonchev–Trinajstić information content (AvgIpc) is 3.53. The standard InChI is InChI=1S/C32H29N5O4S/c1-40-28-14-8-23(9-15-28)31(39)37-18-16-36(17-19-37)27-12-10-26(11-13-27)33-29(38)21-42-32-35-34-30(41-32)25-7-6-22-4-2-3-5-24(22)20-25/h2-15,20H,16-19,21H2,1H3,(H,33,38). The Labute approximate surface area is 247 Å². The third-order valence-corrected chi connectivity index (χ3v) is 7.97. The highest BCUT2D eigenvalue weighted by Crippen LogP contribution is 2.27. The Kier molecular flexibility index (Phi) is 8.05. The SMILES string of the molecule is COc1ccc(C(=O)N2CCN(c3ccc(NC(=O)CSc4nnc(-c5ccc6ccccc6c5)o4)cc3)CC2)cc1. The van der Waals surface area contributed by atoms with Crippen LogP contribution >= 0.6 is 11.8 Å². The number of benzene rings is 4. The molecule has 5 aromatic rings. The number of thioether (sulfide) groups is 1. The Bertz CT molecular complexity index is 1700. The lowest BCUT2D eigenvalue weighted by Gasteiger charge is -2.36. The molecule has 0 radical (unpaired) electrons. The Morgan fingerprint density at radius 1 is 0.881 bits per heavy atom. The first-order valence-electron chi connectivity index (χ1n) is 13.6. The lowest BCUT2D eigenvalue weighted by atomic mass is 10.1. The molecule has 1 aliphatic rings. The molecule has 1 saturated heterocycles. The molecule has 1 fully saturated rings. The summed E-state index contributed by atoms with van der Waals surface area (Å²) in [4.78, 5) is 29.5. The number of hydrogen-bond acceptors (Lipinski definition) is 8. The monoisotopic (exact) mass is 579 g/mol. The maximum absolute atomic E-state index is 12.9. The highest BCUT2D eigenvalue weighted by molar-refractivity contribution is 7.99. The van der Waals surface area contributed by atoms with E-state index in [9.17, 15) is 9.59 Å². The Hall–Kier alpha value is -4.83. The fourth-order valence-electron chi connectivity index (χ4n) is 4.87. The van der Waals surface area contributed by atoms with Crippen LogP contribution in [0.25, 0.3) is 22.2 Å². The number of fused-ring (bicyclic) bond motifs is 1. The van der Waals surface area contributed by atoms with Crippen LogP contribution in [-0.2, 0) is 4.79 Å². The van der Waals surface area contributed by atoms with Crippen LogP contribution in [-0.4, -0.2) is 66.0 Å². The van der Waals surface area contributed by atoms with E-state index in [-0.39, 0.29) is 17.6 Å². The number of nitrogens with one attached hydrogen (secondary N) is 1. The summed E-state index contributed by atoms with van der Waals surface area (Å²) < 4.78 is 11.0. The van der Waals surface area contributed by atoms with Crippen LogP contribution in [0.1, 0.15) is 10.4 Å². The summed E-state index contributed by atoms with van der Waals surface area (Å²) in [5.74, 6) is 1.16. The van der Waals surface area contributed by atoms with E-state index in [0.717, 1.165) is 40.9 Å². The summed E-state index contributed by atoms with van der Waals surface area (Å²) in [5, 5.41) is 13.7. The van der Waals surface area contributed by atoms with Crippen molar-refractivity contribution >= 4 is 45.7 Å². The number of aromatic nitrogens is 2. The van der Waals surface area contributed by atoms with Crippen molar-refractivity contribution < 1.29 is 18.7 Å². The van der Waals surface area contributed by atoms with Gasteiger partial charge in [0, 0.05) is 48.7 Å². The van der Waals surface area contributed by atoms with Crippen LogP contribution in [0, 0.1) is 0 Å². The molecule has 2 heterocycles. The number of amides is 2. The van der Waals surface area contributed by atoms with E-state index >= 15 is 0 Å². The Morgan fingerprint density at radius 2 is 1.62 bits per heavy atom. The Morgan fingerprint density at radius 3 is 2.36 bits per heavy atom. The maximum Gasteiger partial charge on any atom is 0.277 e. The van der Waals surface area contributed by atoms with Gasteiger partial charge in [0.25, 0.3) is 11.1 Å². The molecule has 1 aromatic heterocycles. The molecule has 0 bridgehead atoms. The molecule has 4 aromatic carbocycles. The number of carbonyl (C=O) groups is 2. The second-order valence-electron chi connectivity index (χ2n) is 9.83. The molecule has 2 amide bonds. The second kappa shape index (κ2) is 12.4. The molecule has 212 valence electrons. The fourth-order valence-corrected chi connectivity index (χ4v) is 5.43. The number of methoxy groups -OCH3 is 1. The van der Waals surface area contributed by atoms with Crippen molar-refractivity contribution in [3.63, 3.8) is 0 Å². The predicted molar refractivity (Wildman–Crippen MR) is 164 cm³/mol. The molecule has 10 heteroatoms. The van der Waals surface area contributed by atoms with E-state index in [1.807, 2.05) is 65.6 Å². The van der Waals surface area contributed by atoms with Gasteiger partial charge in [-0.2, -0.15) is 0 Å². The molecule has 0 atom stereocenters. The number of anilines is 2. The topological polar surface area (TPSA) is 101 Å². The highest BCUT2D eigenvalue weighted by Gasteiger charge is 2.22. The summed E-state index contributed by atoms with van der Waals surface area (Å²) in [7, 11) is 1.61. The highest BCUT2D eigenvalue weighted by atomic mass is 32.2. The minimum absolute atomic E-state index is 0.0265. The number of piperazine rings is 1. The van der Waals surface area contributed by atoms with Gasteiger partial charge < -0.3 is 24.3 Å². The van der Waals surface area contributed by atoms with Gasteiger partial charge in [0.1, 0.15) is 5.75 Å². The smallest absolute Gasteiger partial charge is 0.277 e. The van der Waals surface area contributed by atoms with Crippen molar-refractivity contribution in [1.29, 1.82) is 0 Å². The van der Waals surface area contributed by atoms with Crippen molar-refractivity contribution in [3.8, 4) is 17.2 Å². The van der Waals surface area contributed by atoms with Crippen molar-refractivity contribution in [1.82, 2.24) is 15.1 Å². The zero-order valence-electron chi connectivity index (χ0n) is 23.0. The average molecular weight is 580 g/mol. The number of carbonyl (C=O) groups excluding carboxylic acids is 2.